The summed E-state index contributed by atoms with van der Waals surface area (Å²) in [6, 6.07) is 0. The summed E-state index contributed by atoms with van der Waals surface area (Å²) in [5, 5.41) is 6.03. The Kier molecular flexibility index (Phi) is 15.8. The van der Waals surface area contributed by atoms with E-state index in [-0.39, 0.29) is 13.5 Å². The molecule has 0 atom stereocenters. The minimum Gasteiger partial charge on any atom is -0.368 e. The zero-order valence-electron chi connectivity index (χ0n) is 8.38. The Morgan fingerprint density at radius 3 is 1.69 bits per heavy atom. The monoisotopic (exact) mass is 200 g/mol. The van der Waals surface area contributed by atoms with Gasteiger partial charge in [-0.1, -0.05) is 26.0 Å². The van der Waals surface area contributed by atoms with Crippen LogP contribution in [0.2, 0.25) is 0 Å². The maximum Gasteiger partial charge on any atom is 0.000442 e. The molecule has 0 spiro atoms. The number of nitrogens with one attached hydrogen (secondary N) is 2. The molecule has 0 bridgehead atoms. The van der Waals surface area contributed by atoms with Crippen LogP contribution in [0.3, 0.4) is 0 Å². The van der Waals surface area contributed by atoms with Crippen molar-refractivity contribution in [3.05, 3.63) is 36.7 Å². The number of allylic oxidation sites excluding steroid dienone is 4. The second kappa shape index (κ2) is 13.9. The van der Waals surface area contributed by atoms with Crippen LogP contribution in [-0.2, 0) is 0 Å². The van der Waals surface area contributed by atoms with E-state index in [2.05, 4.69) is 24.5 Å². The first kappa shape index (κ1) is 14.8. The van der Waals surface area contributed by atoms with Crippen LogP contribution in [0.15, 0.2) is 36.7 Å². The minimum absolute atomic E-state index is 0. The van der Waals surface area contributed by atoms with Gasteiger partial charge in [0, 0.05) is 12.4 Å². The minimum atomic E-state index is 0. The Labute approximate surface area is 88.2 Å². The summed E-state index contributed by atoms with van der Waals surface area (Å²) in [7, 11) is 0. The number of hydrogen-bond donors (Lipinski definition) is 2. The van der Waals surface area contributed by atoms with Crippen LogP contribution in [-0.4, -0.2) is 13.1 Å². The summed E-state index contributed by atoms with van der Waals surface area (Å²) < 4.78 is 0. The maximum atomic E-state index is 3.11. The van der Waals surface area contributed by atoms with Crippen molar-refractivity contribution in [3.63, 3.8) is 0 Å². The van der Waals surface area contributed by atoms with Crippen LogP contribution in [0, 0.1) is 0 Å². The van der Waals surface area contributed by atoms with Crippen molar-refractivity contribution in [2.45, 2.75) is 13.8 Å². The molecule has 0 saturated heterocycles. The SMILES string of the molecule is C1=CC=CNC=C1.CCNCC.S. The normalized spacial score (nSPS) is 11.8. The van der Waals surface area contributed by atoms with Crippen LogP contribution in [0.5, 0.6) is 0 Å². The third kappa shape index (κ3) is 14.2. The van der Waals surface area contributed by atoms with E-state index in [0.717, 1.165) is 13.1 Å². The third-order valence-electron chi connectivity index (χ3n) is 1.22. The molecule has 1 rings (SSSR count). The van der Waals surface area contributed by atoms with Crippen molar-refractivity contribution in [1.82, 2.24) is 10.6 Å². The van der Waals surface area contributed by atoms with Gasteiger partial charge in [-0.3, -0.25) is 0 Å². The Bertz CT molecular complexity index is 146. The molecule has 1 heterocycles. The van der Waals surface area contributed by atoms with Gasteiger partial charge >= 0.3 is 0 Å². The lowest BCUT2D eigenvalue weighted by Gasteiger charge is -1.86. The fraction of sp³-hybridized carbons (Fsp3) is 0.400. The third-order valence-corrected chi connectivity index (χ3v) is 1.22. The number of hydrogen-bond acceptors (Lipinski definition) is 2. The Hall–Kier alpha value is -0.670. The lowest BCUT2D eigenvalue weighted by molar-refractivity contribution is 0.762. The molecule has 0 unspecified atom stereocenters. The average molecular weight is 200 g/mol. The van der Waals surface area contributed by atoms with Gasteiger partial charge in [0.25, 0.3) is 0 Å². The van der Waals surface area contributed by atoms with Crippen molar-refractivity contribution < 1.29 is 0 Å². The summed E-state index contributed by atoms with van der Waals surface area (Å²) in [5.41, 5.74) is 0. The van der Waals surface area contributed by atoms with Crippen LogP contribution in [0.25, 0.3) is 0 Å². The lowest BCUT2D eigenvalue weighted by Crippen LogP contribution is -2.09. The van der Waals surface area contributed by atoms with Crippen LogP contribution in [0.1, 0.15) is 13.8 Å². The van der Waals surface area contributed by atoms with E-state index in [1.54, 1.807) is 0 Å². The van der Waals surface area contributed by atoms with E-state index in [1.165, 1.54) is 0 Å². The van der Waals surface area contributed by atoms with Gasteiger partial charge in [0.05, 0.1) is 0 Å². The summed E-state index contributed by atoms with van der Waals surface area (Å²) in [4.78, 5) is 0. The molecule has 2 nitrogen and oxygen atoms in total. The largest absolute Gasteiger partial charge is 0.368 e. The van der Waals surface area contributed by atoms with E-state index in [4.69, 9.17) is 0 Å². The molecule has 0 saturated carbocycles. The van der Waals surface area contributed by atoms with Crippen molar-refractivity contribution in [3.8, 4) is 0 Å². The van der Waals surface area contributed by atoms with E-state index in [0.29, 0.717) is 0 Å². The fourth-order valence-electron chi connectivity index (χ4n) is 0.656. The predicted molar refractivity (Wildman–Crippen MR) is 65.2 cm³/mol. The van der Waals surface area contributed by atoms with Gasteiger partial charge in [-0.05, 0) is 25.2 Å². The quantitative estimate of drug-likeness (QED) is 0.711. The molecule has 0 aliphatic carbocycles. The van der Waals surface area contributed by atoms with Gasteiger partial charge in [0.2, 0.25) is 0 Å². The molecule has 0 aromatic rings. The van der Waals surface area contributed by atoms with E-state index in [1.807, 2.05) is 36.7 Å². The lowest BCUT2D eigenvalue weighted by atomic mass is 10.5. The van der Waals surface area contributed by atoms with E-state index >= 15 is 0 Å². The molecule has 0 amide bonds. The van der Waals surface area contributed by atoms with Crippen LogP contribution >= 0.6 is 13.5 Å². The van der Waals surface area contributed by atoms with Gasteiger partial charge in [-0.2, -0.15) is 13.5 Å². The number of rotatable bonds is 2. The summed E-state index contributed by atoms with van der Waals surface area (Å²) in [6.07, 6.45) is 11.6. The Morgan fingerprint density at radius 1 is 0.923 bits per heavy atom. The van der Waals surface area contributed by atoms with E-state index in [9.17, 15) is 0 Å². The van der Waals surface area contributed by atoms with Crippen LogP contribution in [0.4, 0.5) is 0 Å². The Morgan fingerprint density at radius 2 is 1.38 bits per heavy atom. The highest BCUT2D eigenvalue weighted by atomic mass is 32.1. The van der Waals surface area contributed by atoms with Crippen molar-refractivity contribution in [1.29, 1.82) is 0 Å². The molecular weight excluding hydrogens is 180 g/mol. The average Bonchev–Trinajstić information content (AvgIpc) is 2.37. The molecule has 1 aliphatic rings. The predicted octanol–water partition coefficient (Wildman–Crippen LogP) is 1.90. The highest BCUT2D eigenvalue weighted by molar-refractivity contribution is 7.59. The first-order valence-corrected chi connectivity index (χ1v) is 4.37. The summed E-state index contributed by atoms with van der Waals surface area (Å²) in [5.74, 6) is 0. The second-order valence-corrected chi connectivity index (χ2v) is 2.23. The molecule has 0 aromatic carbocycles. The van der Waals surface area contributed by atoms with Gasteiger partial charge in [-0.25, -0.2) is 0 Å². The van der Waals surface area contributed by atoms with Crippen molar-refractivity contribution in [2.24, 2.45) is 0 Å². The summed E-state index contributed by atoms with van der Waals surface area (Å²) >= 11 is 0. The van der Waals surface area contributed by atoms with Gasteiger partial charge in [0.1, 0.15) is 0 Å². The first-order chi connectivity index (χ1) is 5.91. The zero-order valence-corrected chi connectivity index (χ0v) is 9.38. The molecule has 0 aromatic heterocycles. The molecular formula is C10H20N2S. The molecule has 0 fully saturated rings. The van der Waals surface area contributed by atoms with Gasteiger partial charge in [-0.15, -0.1) is 0 Å². The molecule has 76 valence electrons. The fourth-order valence-corrected chi connectivity index (χ4v) is 0.656. The molecule has 2 N–H and O–H groups in total. The molecule has 1 aliphatic heterocycles. The smallest absolute Gasteiger partial charge is 0.000442 e. The van der Waals surface area contributed by atoms with Gasteiger partial charge in [0.15, 0.2) is 0 Å². The molecule has 3 heteroatoms. The molecule has 0 radical (unpaired) electrons. The second-order valence-electron chi connectivity index (χ2n) is 2.23. The standard InChI is InChI=1S/C6H7N.C4H11N.H2S/c1-2-4-6-7-5-3-1;1-3-5-4-2;/h1-7H;5H,3-4H2,1-2H3;1H2. The Balaban J connectivity index is 0. The van der Waals surface area contributed by atoms with E-state index < -0.39 is 0 Å². The van der Waals surface area contributed by atoms with Crippen molar-refractivity contribution in [2.75, 3.05) is 13.1 Å². The first-order valence-electron chi connectivity index (χ1n) is 4.37. The maximum absolute atomic E-state index is 3.11. The summed E-state index contributed by atoms with van der Waals surface area (Å²) in [6.45, 7) is 6.39. The van der Waals surface area contributed by atoms with Gasteiger partial charge < -0.3 is 10.6 Å². The topological polar surface area (TPSA) is 24.1 Å². The van der Waals surface area contributed by atoms with Crippen LogP contribution < -0.4 is 10.6 Å². The highest BCUT2D eigenvalue weighted by Crippen LogP contribution is 1.81. The van der Waals surface area contributed by atoms with Crippen molar-refractivity contribution >= 4 is 13.5 Å². The highest BCUT2D eigenvalue weighted by Gasteiger charge is 1.67. The molecule has 13 heavy (non-hydrogen) atoms. The zero-order chi connectivity index (χ0) is 9.07.